The summed E-state index contributed by atoms with van der Waals surface area (Å²) >= 11 is 0. The van der Waals surface area contributed by atoms with Crippen LogP contribution < -0.4 is 16.0 Å². The van der Waals surface area contributed by atoms with Gasteiger partial charge in [-0.3, -0.25) is 9.69 Å². The highest BCUT2D eigenvalue weighted by Crippen LogP contribution is 2.15. The van der Waals surface area contributed by atoms with Gasteiger partial charge in [0.15, 0.2) is 0 Å². The molecule has 1 aromatic carbocycles. The van der Waals surface area contributed by atoms with Gasteiger partial charge < -0.3 is 20.7 Å². The highest BCUT2D eigenvalue weighted by molar-refractivity contribution is 5.76. The van der Waals surface area contributed by atoms with E-state index in [4.69, 9.17) is 10.5 Å². The Balaban J connectivity index is 1.70. The van der Waals surface area contributed by atoms with Crippen LogP contribution in [0.5, 0.6) is 0 Å². The van der Waals surface area contributed by atoms with E-state index in [9.17, 15) is 4.79 Å². The molecule has 0 aliphatic carbocycles. The van der Waals surface area contributed by atoms with Crippen molar-refractivity contribution in [1.29, 1.82) is 0 Å². The predicted octanol–water partition coefficient (Wildman–Crippen LogP) is 0.677. The zero-order chi connectivity index (χ0) is 17.4. The molecule has 0 spiro atoms. The molecular formula is C18H30N4O2. The number of hydrogen-bond donors (Lipinski definition) is 2. The lowest BCUT2D eigenvalue weighted by atomic mass is 10.2. The molecule has 1 heterocycles. The molecule has 24 heavy (non-hydrogen) atoms. The molecule has 1 amide bonds. The highest BCUT2D eigenvalue weighted by atomic mass is 16.5. The van der Waals surface area contributed by atoms with E-state index in [2.05, 4.69) is 39.4 Å². The molecule has 6 heteroatoms. The number of carbonyl (C=O) groups excluding carboxylic acids is 1. The normalized spacial score (nSPS) is 18.2. The molecule has 0 bridgehead atoms. The summed E-state index contributed by atoms with van der Waals surface area (Å²) in [5.41, 5.74) is 6.84. The largest absolute Gasteiger partial charge is 0.380 e. The van der Waals surface area contributed by atoms with Crippen LogP contribution in [0.15, 0.2) is 30.3 Å². The fourth-order valence-corrected chi connectivity index (χ4v) is 3.06. The third-order valence-corrected chi connectivity index (χ3v) is 4.44. The zero-order valence-corrected chi connectivity index (χ0v) is 14.8. The van der Waals surface area contributed by atoms with E-state index in [1.165, 1.54) is 5.69 Å². The lowest BCUT2D eigenvalue weighted by molar-refractivity contribution is -0.124. The summed E-state index contributed by atoms with van der Waals surface area (Å²) in [7, 11) is 1.58. The number of carbonyl (C=O) groups is 1. The molecule has 1 aliphatic heterocycles. The molecule has 1 aliphatic rings. The fraction of sp³-hybridized carbons (Fsp3) is 0.611. The molecule has 134 valence electrons. The van der Waals surface area contributed by atoms with Crippen molar-refractivity contribution in [3.05, 3.63) is 30.3 Å². The number of anilines is 1. The molecule has 0 radical (unpaired) electrons. The lowest BCUT2D eigenvalue weighted by Gasteiger charge is -2.37. The first-order chi connectivity index (χ1) is 11.6. The van der Waals surface area contributed by atoms with Crippen LogP contribution in [0.25, 0.3) is 0 Å². The maximum Gasteiger partial charge on any atom is 0.222 e. The van der Waals surface area contributed by atoms with E-state index in [1.807, 2.05) is 13.0 Å². The van der Waals surface area contributed by atoms with Crippen molar-refractivity contribution in [2.45, 2.75) is 25.5 Å². The first-order valence-corrected chi connectivity index (χ1v) is 8.67. The van der Waals surface area contributed by atoms with E-state index in [0.29, 0.717) is 13.0 Å². The standard InChI is InChI=1S/C18H30N4O2/c1-15(20-18(23)12-17(13-19)24-2)14-21-8-10-22(11-9-21)16-6-4-3-5-7-16/h3-7,15,17H,8-14,19H2,1-2H3,(H,20,23). The second-order valence-corrected chi connectivity index (χ2v) is 6.39. The van der Waals surface area contributed by atoms with Crippen molar-refractivity contribution in [1.82, 2.24) is 10.2 Å². The molecule has 0 aromatic heterocycles. The van der Waals surface area contributed by atoms with Crippen molar-refractivity contribution in [3.8, 4) is 0 Å². The summed E-state index contributed by atoms with van der Waals surface area (Å²) in [6.45, 7) is 7.34. The Hall–Kier alpha value is -1.63. The number of piperazine rings is 1. The van der Waals surface area contributed by atoms with Crippen LogP contribution in [0.4, 0.5) is 5.69 Å². The van der Waals surface area contributed by atoms with Gasteiger partial charge in [0.25, 0.3) is 0 Å². The number of ether oxygens (including phenoxy) is 1. The number of hydrogen-bond acceptors (Lipinski definition) is 5. The number of methoxy groups -OCH3 is 1. The van der Waals surface area contributed by atoms with E-state index >= 15 is 0 Å². The van der Waals surface area contributed by atoms with Crippen molar-refractivity contribution >= 4 is 11.6 Å². The lowest BCUT2D eigenvalue weighted by Crippen LogP contribution is -2.51. The molecule has 3 N–H and O–H groups in total. The maximum atomic E-state index is 12.0. The minimum Gasteiger partial charge on any atom is -0.380 e. The summed E-state index contributed by atoms with van der Waals surface area (Å²) in [6, 6.07) is 10.6. The van der Waals surface area contributed by atoms with Gasteiger partial charge in [0.2, 0.25) is 5.91 Å². The maximum absolute atomic E-state index is 12.0. The van der Waals surface area contributed by atoms with Gasteiger partial charge in [0.1, 0.15) is 0 Å². The third kappa shape index (κ3) is 5.78. The van der Waals surface area contributed by atoms with Crippen molar-refractivity contribution in [3.63, 3.8) is 0 Å². The number of para-hydroxylation sites is 1. The van der Waals surface area contributed by atoms with Gasteiger partial charge in [0.05, 0.1) is 12.5 Å². The topological polar surface area (TPSA) is 70.8 Å². The molecule has 0 saturated carbocycles. The van der Waals surface area contributed by atoms with E-state index in [1.54, 1.807) is 7.11 Å². The summed E-state index contributed by atoms with van der Waals surface area (Å²) in [6.07, 6.45) is 0.116. The van der Waals surface area contributed by atoms with Crippen LogP contribution in [0, 0.1) is 0 Å². The summed E-state index contributed by atoms with van der Waals surface area (Å²) in [4.78, 5) is 16.8. The molecular weight excluding hydrogens is 304 g/mol. The van der Waals surface area contributed by atoms with Gasteiger partial charge in [-0.2, -0.15) is 0 Å². The molecule has 2 rings (SSSR count). The Bertz CT molecular complexity index is 485. The second-order valence-electron chi connectivity index (χ2n) is 6.39. The fourth-order valence-electron chi connectivity index (χ4n) is 3.06. The van der Waals surface area contributed by atoms with Crippen LogP contribution in [0.2, 0.25) is 0 Å². The number of amides is 1. The summed E-state index contributed by atoms with van der Waals surface area (Å²) < 4.78 is 5.15. The van der Waals surface area contributed by atoms with Gasteiger partial charge in [-0.15, -0.1) is 0 Å². The predicted molar refractivity (Wildman–Crippen MR) is 97.2 cm³/mol. The minimum atomic E-state index is -0.202. The van der Waals surface area contributed by atoms with Crippen LogP contribution in [0.1, 0.15) is 13.3 Å². The second kappa shape index (κ2) is 9.61. The van der Waals surface area contributed by atoms with Crippen LogP contribution in [-0.2, 0) is 9.53 Å². The number of nitrogens with one attached hydrogen (secondary N) is 1. The van der Waals surface area contributed by atoms with Gasteiger partial charge in [-0.25, -0.2) is 0 Å². The van der Waals surface area contributed by atoms with E-state index in [0.717, 1.165) is 32.7 Å². The summed E-state index contributed by atoms with van der Waals surface area (Å²) in [5.74, 6) is 0.00252. The first-order valence-electron chi connectivity index (χ1n) is 8.67. The SMILES string of the molecule is COC(CN)CC(=O)NC(C)CN1CCN(c2ccccc2)CC1. The van der Waals surface area contributed by atoms with Gasteiger partial charge in [0, 0.05) is 58.1 Å². The molecule has 1 fully saturated rings. The van der Waals surface area contributed by atoms with Crippen molar-refractivity contribution in [2.75, 3.05) is 51.3 Å². The molecule has 1 aromatic rings. The number of benzene rings is 1. The van der Waals surface area contributed by atoms with Gasteiger partial charge in [-0.1, -0.05) is 18.2 Å². The Morgan fingerprint density at radius 3 is 2.50 bits per heavy atom. The Morgan fingerprint density at radius 1 is 1.25 bits per heavy atom. The van der Waals surface area contributed by atoms with Gasteiger partial charge in [-0.05, 0) is 19.1 Å². The number of nitrogens with zero attached hydrogens (tertiary/aromatic N) is 2. The number of nitrogens with two attached hydrogens (primary N) is 1. The van der Waals surface area contributed by atoms with Crippen molar-refractivity contribution in [2.24, 2.45) is 5.73 Å². The quantitative estimate of drug-likeness (QED) is 0.731. The van der Waals surface area contributed by atoms with Crippen LogP contribution >= 0.6 is 0 Å². The summed E-state index contributed by atoms with van der Waals surface area (Å²) in [5, 5.41) is 3.04. The highest BCUT2D eigenvalue weighted by Gasteiger charge is 2.20. The Kier molecular flexibility index (Phi) is 7.49. The minimum absolute atomic E-state index is 0.00252. The monoisotopic (exact) mass is 334 g/mol. The van der Waals surface area contributed by atoms with E-state index in [-0.39, 0.29) is 18.1 Å². The molecule has 1 saturated heterocycles. The van der Waals surface area contributed by atoms with Crippen molar-refractivity contribution < 1.29 is 9.53 Å². The van der Waals surface area contributed by atoms with E-state index < -0.39 is 0 Å². The molecule has 2 atom stereocenters. The van der Waals surface area contributed by atoms with Crippen LogP contribution in [-0.4, -0.2) is 69.3 Å². The molecule has 6 nitrogen and oxygen atoms in total. The molecule has 2 unspecified atom stereocenters. The first kappa shape index (κ1) is 18.7. The average Bonchev–Trinajstić information content (AvgIpc) is 2.61. The zero-order valence-electron chi connectivity index (χ0n) is 14.8. The van der Waals surface area contributed by atoms with Crippen LogP contribution in [0.3, 0.4) is 0 Å². The van der Waals surface area contributed by atoms with Gasteiger partial charge >= 0.3 is 0 Å². The number of rotatable bonds is 8. The third-order valence-electron chi connectivity index (χ3n) is 4.44. The Labute approximate surface area is 144 Å². The smallest absolute Gasteiger partial charge is 0.222 e. The Morgan fingerprint density at radius 2 is 1.92 bits per heavy atom. The average molecular weight is 334 g/mol.